The average molecular weight is 370 g/mol. The molecule has 0 amide bonds. The first kappa shape index (κ1) is 18.0. The van der Waals surface area contributed by atoms with Crippen LogP contribution in [0.25, 0.3) is 0 Å². The molecule has 0 bridgehead atoms. The number of hydrogen-bond donors (Lipinski definition) is 2. The highest BCUT2D eigenvalue weighted by atomic mass is 35.5. The molecule has 6 heteroatoms. The van der Waals surface area contributed by atoms with Crippen molar-refractivity contribution in [3.63, 3.8) is 0 Å². The number of nitrogens with zero attached hydrogens (tertiary/aromatic N) is 1. The van der Waals surface area contributed by atoms with Crippen LogP contribution in [0.2, 0.25) is 5.02 Å². The third-order valence-electron chi connectivity index (χ3n) is 4.12. The summed E-state index contributed by atoms with van der Waals surface area (Å²) in [6, 6.07) is 13.2. The molecule has 0 aliphatic rings. The highest BCUT2D eigenvalue weighted by molar-refractivity contribution is 6.30. The molecule has 5 nitrogen and oxygen atoms in total. The SMILES string of the molecule is COc1ccc(C)cc1Nc1nc(C)c(Cc2ccc(Cl)cc2)c(=O)[nH]1. The topological polar surface area (TPSA) is 67.0 Å². The Hall–Kier alpha value is -2.79. The van der Waals surface area contributed by atoms with Crippen LogP contribution in [-0.4, -0.2) is 17.1 Å². The Morgan fingerprint density at radius 2 is 1.88 bits per heavy atom. The van der Waals surface area contributed by atoms with Gasteiger partial charge in [-0.15, -0.1) is 0 Å². The molecular weight excluding hydrogens is 350 g/mol. The third-order valence-corrected chi connectivity index (χ3v) is 4.38. The molecule has 0 radical (unpaired) electrons. The van der Waals surface area contributed by atoms with Crippen molar-refractivity contribution in [3.8, 4) is 5.75 Å². The Morgan fingerprint density at radius 1 is 1.15 bits per heavy atom. The Bertz CT molecular complexity index is 981. The van der Waals surface area contributed by atoms with Gasteiger partial charge in [0.05, 0.1) is 18.5 Å². The Balaban J connectivity index is 1.89. The zero-order valence-corrected chi connectivity index (χ0v) is 15.6. The van der Waals surface area contributed by atoms with Gasteiger partial charge >= 0.3 is 0 Å². The van der Waals surface area contributed by atoms with Gasteiger partial charge < -0.3 is 10.1 Å². The number of ether oxygens (including phenoxy) is 1. The molecule has 0 unspecified atom stereocenters. The Kier molecular flexibility index (Phi) is 5.28. The van der Waals surface area contributed by atoms with E-state index in [1.165, 1.54) is 0 Å². The van der Waals surface area contributed by atoms with E-state index in [1.54, 1.807) is 7.11 Å². The van der Waals surface area contributed by atoms with Crippen LogP contribution in [0.4, 0.5) is 11.6 Å². The van der Waals surface area contributed by atoms with Gasteiger partial charge in [0.1, 0.15) is 5.75 Å². The fourth-order valence-corrected chi connectivity index (χ4v) is 2.86. The monoisotopic (exact) mass is 369 g/mol. The second-order valence-electron chi connectivity index (χ2n) is 6.11. The van der Waals surface area contributed by atoms with Crippen LogP contribution in [0.5, 0.6) is 5.75 Å². The van der Waals surface area contributed by atoms with E-state index in [1.807, 2.05) is 56.3 Å². The first-order chi connectivity index (χ1) is 12.5. The van der Waals surface area contributed by atoms with Crippen LogP contribution >= 0.6 is 11.6 Å². The van der Waals surface area contributed by atoms with Gasteiger partial charge in [0, 0.05) is 17.0 Å². The Morgan fingerprint density at radius 3 is 2.54 bits per heavy atom. The van der Waals surface area contributed by atoms with Gasteiger partial charge in [-0.25, -0.2) is 4.98 Å². The van der Waals surface area contributed by atoms with Crippen molar-refractivity contribution in [1.82, 2.24) is 9.97 Å². The lowest BCUT2D eigenvalue weighted by Crippen LogP contribution is -2.18. The van der Waals surface area contributed by atoms with E-state index < -0.39 is 0 Å². The van der Waals surface area contributed by atoms with Crippen LogP contribution in [-0.2, 0) is 6.42 Å². The number of aromatic amines is 1. The second kappa shape index (κ2) is 7.62. The highest BCUT2D eigenvalue weighted by Crippen LogP contribution is 2.27. The number of nitrogens with one attached hydrogen (secondary N) is 2. The van der Waals surface area contributed by atoms with Gasteiger partial charge in [-0.1, -0.05) is 29.8 Å². The van der Waals surface area contributed by atoms with E-state index in [0.29, 0.717) is 34.4 Å². The normalized spacial score (nSPS) is 10.6. The van der Waals surface area contributed by atoms with Gasteiger partial charge in [-0.05, 0) is 49.2 Å². The van der Waals surface area contributed by atoms with Crippen molar-refractivity contribution in [2.75, 3.05) is 12.4 Å². The summed E-state index contributed by atoms with van der Waals surface area (Å²) < 4.78 is 5.35. The zero-order chi connectivity index (χ0) is 18.7. The van der Waals surface area contributed by atoms with Gasteiger partial charge in [0.2, 0.25) is 5.95 Å². The maximum Gasteiger partial charge on any atom is 0.256 e. The third kappa shape index (κ3) is 4.06. The molecule has 26 heavy (non-hydrogen) atoms. The minimum atomic E-state index is -0.165. The maximum absolute atomic E-state index is 12.6. The van der Waals surface area contributed by atoms with Gasteiger partial charge in [-0.2, -0.15) is 0 Å². The van der Waals surface area contributed by atoms with Crippen LogP contribution < -0.4 is 15.6 Å². The number of hydrogen-bond acceptors (Lipinski definition) is 4. The smallest absolute Gasteiger partial charge is 0.256 e. The fraction of sp³-hybridized carbons (Fsp3) is 0.200. The molecule has 3 aromatic rings. The lowest BCUT2D eigenvalue weighted by Gasteiger charge is -2.13. The molecule has 0 aliphatic heterocycles. The lowest BCUT2D eigenvalue weighted by atomic mass is 10.1. The number of aryl methyl sites for hydroxylation is 2. The number of rotatable bonds is 5. The molecular formula is C20H20ClN3O2. The zero-order valence-electron chi connectivity index (χ0n) is 14.9. The van der Waals surface area contributed by atoms with Crippen molar-refractivity contribution in [2.45, 2.75) is 20.3 Å². The molecule has 3 rings (SSSR count). The number of benzene rings is 2. The minimum absolute atomic E-state index is 0.165. The Labute approximate surface area is 157 Å². The predicted molar refractivity (Wildman–Crippen MR) is 105 cm³/mol. The fourth-order valence-electron chi connectivity index (χ4n) is 2.73. The molecule has 2 N–H and O–H groups in total. The predicted octanol–water partition coefficient (Wildman–Crippen LogP) is 4.38. The summed E-state index contributed by atoms with van der Waals surface area (Å²) in [5.41, 5.74) is 3.98. The first-order valence-corrected chi connectivity index (χ1v) is 8.60. The first-order valence-electron chi connectivity index (χ1n) is 8.22. The molecule has 0 atom stereocenters. The van der Waals surface area contributed by atoms with Gasteiger partial charge in [-0.3, -0.25) is 9.78 Å². The van der Waals surface area contributed by atoms with Crippen LogP contribution in [0.15, 0.2) is 47.3 Å². The van der Waals surface area contributed by atoms with Crippen LogP contribution in [0.3, 0.4) is 0 Å². The van der Waals surface area contributed by atoms with Crippen LogP contribution in [0.1, 0.15) is 22.4 Å². The molecule has 0 spiro atoms. The van der Waals surface area contributed by atoms with E-state index in [9.17, 15) is 4.79 Å². The summed E-state index contributed by atoms with van der Waals surface area (Å²) >= 11 is 5.91. The van der Waals surface area contributed by atoms with Gasteiger partial charge in [0.15, 0.2) is 0 Å². The largest absolute Gasteiger partial charge is 0.495 e. The van der Waals surface area contributed by atoms with E-state index in [2.05, 4.69) is 15.3 Å². The molecule has 0 aliphatic carbocycles. The van der Waals surface area contributed by atoms with E-state index in [0.717, 1.165) is 16.8 Å². The van der Waals surface area contributed by atoms with Crippen molar-refractivity contribution < 1.29 is 4.74 Å². The summed E-state index contributed by atoms with van der Waals surface area (Å²) in [6.07, 6.45) is 0.499. The highest BCUT2D eigenvalue weighted by Gasteiger charge is 2.11. The van der Waals surface area contributed by atoms with Gasteiger partial charge in [0.25, 0.3) is 5.56 Å². The summed E-state index contributed by atoms with van der Waals surface area (Å²) in [6.45, 7) is 3.82. The second-order valence-corrected chi connectivity index (χ2v) is 6.55. The summed E-state index contributed by atoms with van der Waals surface area (Å²) in [5.74, 6) is 1.07. The van der Waals surface area contributed by atoms with Crippen LogP contribution in [0, 0.1) is 13.8 Å². The molecule has 134 valence electrons. The average Bonchev–Trinajstić information content (AvgIpc) is 2.60. The maximum atomic E-state index is 12.6. The van der Waals surface area contributed by atoms with Crippen molar-refractivity contribution in [1.29, 1.82) is 0 Å². The number of methoxy groups -OCH3 is 1. The molecule has 2 aromatic carbocycles. The number of anilines is 2. The van der Waals surface area contributed by atoms with E-state index in [4.69, 9.17) is 16.3 Å². The van der Waals surface area contributed by atoms with Crippen molar-refractivity contribution in [3.05, 3.63) is 80.2 Å². The molecule has 1 aromatic heterocycles. The minimum Gasteiger partial charge on any atom is -0.495 e. The lowest BCUT2D eigenvalue weighted by molar-refractivity contribution is 0.416. The summed E-state index contributed by atoms with van der Waals surface area (Å²) in [4.78, 5) is 19.9. The van der Waals surface area contributed by atoms with Crippen molar-refractivity contribution >= 4 is 23.2 Å². The molecule has 0 fully saturated rings. The number of halogens is 1. The summed E-state index contributed by atoms with van der Waals surface area (Å²) in [5, 5.41) is 3.81. The summed E-state index contributed by atoms with van der Waals surface area (Å²) in [7, 11) is 1.60. The van der Waals surface area contributed by atoms with E-state index >= 15 is 0 Å². The molecule has 0 saturated heterocycles. The number of aromatic nitrogens is 2. The van der Waals surface area contributed by atoms with Crippen molar-refractivity contribution in [2.24, 2.45) is 0 Å². The molecule has 1 heterocycles. The quantitative estimate of drug-likeness (QED) is 0.700. The number of H-pyrrole nitrogens is 1. The standard InChI is InChI=1S/C20H20ClN3O2/c1-12-4-9-18(26-3)17(10-12)23-20-22-13(2)16(19(25)24-20)11-14-5-7-15(21)8-6-14/h4-10H,11H2,1-3H3,(H2,22,23,24,25). The van der Waals surface area contributed by atoms with E-state index in [-0.39, 0.29) is 5.56 Å². The molecule has 0 saturated carbocycles.